The molecule has 1 rings (SSSR count). The van der Waals surface area contributed by atoms with Crippen LogP contribution in [0.2, 0.25) is 0 Å². The molecule has 0 saturated carbocycles. The number of carboxylic acid groups (broad SMARTS) is 1. The maximum absolute atomic E-state index is 10.5. The van der Waals surface area contributed by atoms with Crippen molar-refractivity contribution in [3.05, 3.63) is 0 Å². The molecule has 0 aromatic carbocycles. The van der Waals surface area contributed by atoms with Crippen molar-refractivity contribution in [1.82, 2.24) is 0 Å². The van der Waals surface area contributed by atoms with E-state index in [1.54, 1.807) is 6.92 Å². The number of cyclic esters (lactones) is 2. The lowest BCUT2D eigenvalue weighted by Gasteiger charge is -1.90. The number of aliphatic carboxylic acids is 1. The van der Waals surface area contributed by atoms with E-state index in [9.17, 15) is 9.18 Å². The molecule has 1 heterocycles. The topological polar surface area (TPSA) is 72.8 Å². The van der Waals surface area contributed by atoms with Gasteiger partial charge in [0.15, 0.2) is 6.67 Å². The third kappa shape index (κ3) is 5.45. The molecule has 1 fully saturated rings. The summed E-state index contributed by atoms with van der Waals surface area (Å²) in [6.45, 7) is 0.906. The molecule has 0 aromatic heterocycles. The highest BCUT2D eigenvalue weighted by molar-refractivity contribution is 5.67. The van der Waals surface area contributed by atoms with E-state index in [4.69, 9.17) is 9.90 Å². The largest absolute Gasteiger partial charge is 0.508 e. The van der Waals surface area contributed by atoms with E-state index in [0.29, 0.717) is 6.61 Å². The SMILES string of the molecule is CC1COC(=O)O1.O=C(O)CF. The van der Waals surface area contributed by atoms with Gasteiger partial charge in [-0.2, -0.15) is 0 Å². The van der Waals surface area contributed by atoms with Crippen molar-refractivity contribution in [2.45, 2.75) is 13.0 Å². The summed E-state index contributed by atoms with van der Waals surface area (Å²) in [4.78, 5) is 19.0. The Balaban J connectivity index is 0.000000217. The lowest BCUT2D eigenvalue weighted by atomic mass is 10.5. The van der Waals surface area contributed by atoms with Crippen molar-refractivity contribution < 1.29 is 28.6 Å². The Kier molecular flexibility index (Phi) is 4.75. The van der Waals surface area contributed by atoms with Crippen molar-refractivity contribution in [2.24, 2.45) is 0 Å². The van der Waals surface area contributed by atoms with Crippen molar-refractivity contribution in [3.8, 4) is 0 Å². The fourth-order valence-corrected chi connectivity index (χ4v) is 0.418. The summed E-state index contributed by atoms with van der Waals surface area (Å²) in [6.07, 6.45) is -0.597. The standard InChI is InChI=1S/C4H6O3.C2H3FO2/c1-3-2-6-4(5)7-3;3-1-2(4)5/h3H,2H2,1H3;1H2,(H,4,5). The van der Waals surface area contributed by atoms with Gasteiger partial charge in [-0.05, 0) is 6.92 Å². The Morgan fingerprint density at radius 1 is 1.83 bits per heavy atom. The van der Waals surface area contributed by atoms with E-state index in [2.05, 4.69) is 9.47 Å². The third-order valence-electron chi connectivity index (χ3n) is 0.848. The molecule has 1 saturated heterocycles. The number of carboxylic acids is 1. The second-order valence-corrected chi connectivity index (χ2v) is 2.02. The van der Waals surface area contributed by atoms with Crippen LogP contribution in [0.15, 0.2) is 0 Å². The summed E-state index contributed by atoms with van der Waals surface area (Å²) in [5.41, 5.74) is 0. The molecule has 0 bridgehead atoms. The smallest absolute Gasteiger partial charge is 0.479 e. The number of rotatable bonds is 1. The molecular weight excluding hydrogens is 171 g/mol. The zero-order valence-electron chi connectivity index (χ0n) is 6.45. The summed E-state index contributed by atoms with van der Waals surface area (Å²) < 4.78 is 19.4. The quantitative estimate of drug-likeness (QED) is 0.597. The molecule has 0 amide bonds. The summed E-state index contributed by atoms with van der Waals surface area (Å²) in [6, 6.07) is 0. The fourth-order valence-electron chi connectivity index (χ4n) is 0.418. The number of carbonyl (C=O) groups is 2. The average Bonchev–Trinajstić information content (AvgIpc) is 2.36. The van der Waals surface area contributed by atoms with Crippen molar-refractivity contribution in [1.29, 1.82) is 0 Å². The predicted molar refractivity (Wildman–Crippen MR) is 35.5 cm³/mol. The van der Waals surface area contributed by atoms with Crippen LogP contribution in [0.1, 0.15) is 6.92 Å². The normalized spacial score (nSPS) is 20.2. The summed E-state index contributed by atoms with van der Waals surface area (Å²) in [7, 11) is 0. The summed E-state index contributed by atoms with van der Waals surface area (Å²) in [5, 5.41) is 7.35. The number of hydrogen-bond acceptors (Lipinski definition) is 4. The number of hydrogen-bond donors (Lipinski definition) is 1. The lowest BCUT2D eigenvalue weighted by Crippen LogP contribution is -2.01. The Hall–Kier alpha value is -1.33. The first-order valence-corrected chi connectivity index (χ1v) is 3.17. The van der Waals surface area contributed by atoms with Gasteiger partial charge in [0.05, 0.1) is 0 Å². The minimum absolute atomic E-state index is 0.0486. The van der Waals surface area contributed by atoms with E-state index in [0.717, 1.165) is 0 Å². The molecule has 1 atom stereocenters. The van der Waals surface area contributed by atoms with Crippen LogP contribution in [0, 0.1) is 0 Å². The molecule has 12 heavy (non-hydrogen) atoms. The molecule has 5 nitrogen and oxygen atoms in total. The average molecular weight is 180 g/mol. The highest BCUT2D eigenvalue weighted by atomic mass is 19.1. The van der Waals surface area contributed by atoms with Crippen LogP contribution in [0.25, 0.3) is 0 Å². The molecule has 0 spiro atoms. The van der Waals surface area contributed by atoms with Gasteiger partial charge < -0.3 is 14.6 Å². The van der Waals surface area contributed by atoms with E-state index in [1.165, 1.54) is 0 Å². The predicted octanol–water partition coefficient (Wildman–Crippen LogP) is 0.582. The number of alkyl halides is 1. The second kappa shape index (κ2) is 5.34. The molecule has 0 aromatic rings. The highest BCUT2D eigenvalue weighted by Crippen LogP contribution is 2.02. The molecule has 0 aliphatic carbocycles. The van der Waals surface area contributed by atoms with Crippen molar-refractivity contribution in [3.63, 3.8) is 0 Å². The molecule has 1 unspecified atom stereocenters. The molecule has 6 heteroatoms. The van der Waals surface area contributed by atoms with Crippen molar-refractivity contribution >= 4 is 12.1 Å². The van der Waals surface area contributed by atoms with E-state index >= 15 is 0 Å². The van der Waals surface area contributed by atoms with Crippen LogP contribution in [-0.4, -0.2) is 36.6 Å². The summed E-state index contributed by atoms with van der Waals surface area (Å²) >= 11 is 0. The zero-order chi connectivity index (χ0) is 9.56. The molecular formula is C6H9FO5. The zero-order valence-corrected chi connectivity index (χ0v) is 6.45. The maximum Gasteiger partial charge on any atom is 0.508 e. The maximum atomic E-state index is 10.5. The molecule has 0 radical (unpaired) electrons. The summed E-state index contributed by atoms with van der Waals surface area (Å²) in [5.74, 6) is -1.41. The van der Waals surface area contributed by atoms with Gasteiger partial charge >= 0.3 is 12.1 Å². The van der Waals surface area contributed by atoms with Gasteiger partial charge in [-0.25, -0.2) is 14.0 Å². The molecule has 70 valence electrons. The first kappa shape index (κ1) is 10.7. The Morgan fingerprint density at radius 3 is 2.42 bits per heavy atom. The molecule has 1 aliphatic rings. The van der Waals surface area contributed by atoms with Gasteiger partial charge in [0.1, 0.15) is 12.7 Å². The van der Waals surface area contributed by atoms with Crippen molar-refractivity contribution in [2.75, 3.05) is 13.3 Å². The Bertz CT molecular complexity index is 169. The number of carbonyl (C=O) groups excluding carboxylic acids is 1. The van der Waals surface area contributed by atoms with Crippen LogP contribution >= 0.6 is 0 Å². The van der Waals surface area contributed by atoms with Gasteiger partial charge in [0.2, 0.25) is 0 Å². The van der Waals surface area contributed by atoms with Gasteiger partial charge in [-0.15, -0.1) is 0 Å². The minimum atomic E-state index is -1.41. The number of halogens is 1. The van der Waals surface area contributed by atoms with E-state index < -0.39 is 18.8 Å². The van der Waals surface area contributed by atoms with Gasteiger partial charge in [0, 0.05) is 0 Å². The monoisotopic (exact) mass is 180 g/mol. The second-order valence-electron chi connectivity index (χ2n) is 2.02. The van der Waals surface area contributed by atoms with E-state index in [-0.39, 0.29) is 6.10 Å². The number of ether oxygens (including phenoxy) is 2. The van der Waals surface area contributed by atoms with Gasteiger partial charge in [-0.3, -0.25) is 0 Å². The minimum Gasteiger partial charge on any atom is -0.479 e. The van der Waals surface area contributed by atoms with Crippen LogP contribution in [-0.2, 0) is 14.3 Å². The fraction of sp³-hybridized carbons (Fsp3) is 0.667. The van der Waals surface area contributed by atoms with E-state index in [1.807, 2.05) is 0 Å². The molecule has 1 aliphatic heterocycles. The third-order valence-corrected chi connectivity index (χ3v) is 0.848. The first-order chi connectivity index (χ1) is 5.56. The Morgan fingerprint density at radius 2 is 2.33 bits per heavy atom. The molecule has 1 N–H and O–H groups in total. The first-order valence-electron chi connectivity index (χ1n) is 3.17. The lowest BCUT2D eigenvalue weighted by molar-refractivity contribution is -0.137. The van der Waals surface area contributed by atoms with Crippen LogP contribution in [0.4, 0.5) is 9.18 Å². The van der Waals surface area contributed by atoms with Crippen LogP contribution in [0.5, 0.6) is 0 Å². The highest BCUT2D eigenvalue weighted by Gasteiger charge is 2.19. The van der Waals surface area contributed by atoms with Gasteiger partial charge in [0.25, 0.3) is 0 Å². The van der Waals surface area contributed by atoms with Gasteiger partial charge in [-0.1, -0.05) is 0 Å². The Labute approximate surface area is 68.1 Å². The van der Waals surface area contributed by atoms with Crippen LogP contribution < -0.4 is 0 Å². The van der Waals surface area contributed by atoms with Crippen LogP contribution in [0.3, 0.4) is 0 Å².